The van der Waals surface area contributed by atoms with Gasteiger partial charge in [-0.2, -0.15) is 0 Å². The molecule has 0 aliphatic heterocycles. The van der Waals surface area contributed by atoms with Gasteiger partial charge in [0.15, 0.2) is 0 Å². The number of hydrogen-bond acceptors (Lipinski definition) is 1. The number of carbonyl (C=O) groups is 1. The van der Waals surface area contributed by atoms with E-state index >= 15 is 0 Å². The third-order valence-electron chi connectivity index (χ3n) is 3.56. The van der Waals surface area contributed by atoms with E-state index in [0.29, 0.717) is 0 Å². The summed E-state index contributed by atoms with van der Waals surface area (Å²) < 4.78 is 13.5. The molecule has 2 nitrogen and oxygen atoms in total. The Morgan fingerprint density at radius 2 is 1.84 bits per heavy atom. The second-order valence-electron chi connectivity index (χ2n) is 4.74. The van der Waals surface area contributed by atoms with Crippen molar-refractivity contribution in [1.82, 2.24) is 5.32 Å². The van der Waals surface area contributed by atoms with Gasteiger partial charge in [-0.25, -0.2) is 4.39 Å². The average Bonchev–Trinajstić information content (AvgIpc) is 2.83. The summed E-state index contributed by atoms with van der Waals surface area (Å²) in [5, 5.41) is 2.91. The maximum Gasteiger partial charge on any atom is 0.254 e. The van der Waals surface area contributed by atoms with Crippen LogP contribution in [-0.2, 0) is 6.42 Å². The Morgan fingerprint density at radius 3 is 2.68 bits per heavy atom. The molecule has 0 saturated heterocycles. The molecule has 1 unspecified atom stereocenters. The van der Waals surface area contributed by atoms with Crippen molar-refractivity contribution in [3.05, 3.63) is 71.0 Å². The molecule has 96 valence electrons. The SMILES string of the molecule is O=C(NC1CCc2ccccc21)c1ccccc1F. The minimum atomic E-state index is -0.480. The summed E-state index contributed by atoms with van der Waals surface area (Å²) in [6.45, 7) is 0. The van der Waals surface area contributed by atoms with Gasteiger partial charge in [0.25, 0.3) is 5.91 Å². The maximum atomic E-state index is 13.5. The molecule has 1 amide bonds. The van der Waals surface area contributed by atoms with Crippen LogP contribution in [0.3, 0.4) is 0 Å². The molecule has 2 aromatic carbocycles. The highest BCUT2D eigenvalue weighted by molar-refractivity contribution is 5.94. The first-order chi connectivity index (χ1) is 9.25. The summed E-state index contributed by atoms with van der Waals surface area (Å²) >= 11 is 0. The molecule has 1 aliphatic carbocycles. The van der Waals surface area contributed by atoms with Gasteiger partial charge in [-0.15, -0.1) is 0 Å². The lowest BCUT2D eigenvalue weighted by Gasteiger charge is -2.14. The Labute approximate surface area is 111 Å². The van der Waals surface area contributed by atoms with Crippen molar-refractivity contribution < 1.29 is 9.18 Å². The zero-order valence-corrected chi connectivity index (χ0v) is 10.4. The summed E-state index contributed by atoms with van der Waals surface area (Å²) in [6, 6.07) is 14.1. The summed E-state index contributed by atoms with van der Waals surface area (Å²) in [4.78, 5) is 12.1. The van der Waals surface area contributed by atoms with Gasteiger partial charge < -0.3 is 5.32 Å². The number of amides is 1. The topological polar surface area (TPSA) is 29.1 Å². The number of halogens is 1. The predicted octanol–water partition coefficient (Wildman–Crippen LogP) is 3.24. The predicted molar refractivity (Wildman–Crippen MR) is 71.4 cm³/mol. The van der Waals surface area contributed by atoms with Crippen LogP contribution in [0.2, 0.25) is 0 Å². The largest absolute Gasteiger partial charge is 0.345 e. The summed E-state index contributed by atoms with van der Waals surface area (Å²) in [5.41, 5.74) is 2.51. The van der Waals surface area contributed by atoms with Crippen LogP contribution in [0.25, 0.3) is 0 Å². The highest BCUT2D eigenvalue weighted by Crippen LogP contribution is 2.30. The minimum absolute atomic E-state index is 0.0108. The van der Waals surface area contributed by atoms with E-state index in [4.69, 9.17) is 0 Å². The summed E-state index contributed by atoms with van der Waals surface area (Å²) in [7, 11) is 0. The van der Waals surface area contributed by atoms with Gasteiger partial charge in [0, 0.05) is 0 Å². The normalized spacial score (nSPS) is 17.0. The number of aryl methyl sites for hydroxylation is 1. The van der Waals surface area contributed by atoms with Crippen molar-refractivity contribution in [2.24, 2.45) is 0 Å². The number of carbonyl (C=O) groups excluding carboxylic acids is 1. The standard InChI is InChI=1S/C16H14FNO/c17-14-8-4-3-7-13(14)16(19)18-15-10-9-11-5-1-2-6-12(11)15/h1-8,15H,9-10H2,(H,18,19). The lowest BCUT2D eigenvalue weighted by atomic mass is 10.1. The molecule has 0 fully saturated rings. The van der Waals surface area contributed by atoms with Crippen LogP contribution in [0.4, 0.5) is 4.39 Å². The van der Waals surface area contributed by atoms with Crippen molar-refractivity contribution in [3.63, 3.8) is 0 Å². The van der Waals surface area contributed by atoms with Crippen molar-refractivity contribution in [1.29, 1.82) is 0 Å². The Hall–Kier alpha value is -2.16. The quantitative estimate of drug-likeness (QED) is 0.877. The van der Waals surface area contributed by atoms with Gasteiger partial charge in [0.05, 0.1) is 11.6 Å². The molecule has 2 aromatic rings. The molecule has 1 N–H and O–H groups in total. The Bertz CT molecular complexity index is 624. The van der Waals surface area contributed by atoms with Gasteiger partial charge in [-0.1, -0.05) is 36.4 Å². The molecule has 1 atom stereocenters. The number of nitrogens with one attached hydrogen (secondary N) is 1. The minimum Gasteiger partial charge on any atom is -0.345 e. The molecule has 0 aromatic heterocycles. The molecule has 1 aliphatic rings. The summed E-state index contributed by atoms with van der Waals surface area (Å²) in [5.74, 6) is -0.828. The fourth-order valence-corrected chi connectivity index (χ4v) is 2.59. The average molecular weight is 255 g/mol. The molecule has 0 spiro atoms. The summed E-state index contributed by atoms with van der Waals surface area (Å²) in [6.07, 6.45) is 1.83. The molecule has 0 heterocycles. The van der Waals surface area contributed by atoms with Gasteiger partial charge in [-0.05, 0) is 36.1 Å². The van der Waals surface area contributed by atoms with E-state index in [0.717, 1.165) is 18.4 Å². The number of benzene rings is 2. The lowest BCUT2D eigenvalue weighted by Crippen LogP contribution is -2.27. The highest BCUT2D eigenvalue weighted by Gasteiger charge is 2.24. The molecule has 3 heteroatoms. The van der Waals surface area contributed by atoms with E-state index in [-0.39, 0.29) is 17.5 Å². The van der Waals surface area contributed by atoms with Gasteiger partial charge >= 0.3 is 0 Å². The fraction of sp³-hybridized carbons (Fsp3) is 0.188. The molecule has 3 rings (SSSR count). The van der Waals surface area contributed by atoms with Crippen LogP contribution in [0.5, 0.6) is 0 Å². The van der Waals surface area contributed by atoms with E-state index in [2.05, 4.69) is 11.4 Å². The fourth-order valence-electron chi connectivity index (χ4n) is 2.59. The molecular weight excluding hydrogens is 241 g/mol. The zero-order chi connectivity index (χ0) is 13.2. The monoisotopic (exact) mass is 255 g/mol. The van der Waals surface area contributed by atoms with Crippen molar-refractivity contribution in [3.8, 4) is 0 Å². The first-order valence-corrected chi connectivity index (χ1v) is 6.39. The molecule has 0 bridgehead atoms. The Morgan fingerprint density at radius 1 is 1.11 bits per heavy atom. The molecule has 0 saturated carbocycles. The first-order valence-electron chi connectivity index (χ1n) is 6.39. The highest BCUT2D eigenvalue weighted by atomic mass is 19.1. The van der Waals surface area contributed by atoms with Gasteiger partial charge in [0.1, 0.15) is 5.82 Å². The van der Waals surface area contributed by atoms with Gasteiger partial charge in [-0.3, -0.25) is 4.79 Å². The van der Waals surface area contributed by atoms with Gasteiger partial charge in [0.2, 0.25) is 0 Å². The van der Waals surface area contributed by atoms with Crippen molar-refractivity contribution in [2.75, 3.05) is 0 Å². The lowest BCUT2D eigenvalue weighted by molar-refractivity contribution is 0.0932. The van der Waals surface area contributed by atoms with E-state index in [1.807, 2.05) is 18.2 Å². The van der Waals surface area contributed by atoms with E-state index in [9.17, 15) is 9.18 Å². The third-order valence-corrected chi connectivity index (χ3v) is 3.56. The third kappa shape index (κ3) is 2.24. The Balaban J connectivity index is 1.81. The van der Waals surface area contributed by atoms with Crippen LogP contribution in [-0.4, -0.2) is 5.91 Å². The smallest absolute Gasteiger partial charge is 0.254 e. The van der Waals surface area contributed by atoms with E-state index in [1.165, 1.54) is 17.7 Å². The first kappa shape index (κ1) is 11.9. The van der Waals surface area contributed by atoms with Crippen LogP contribution in [0.15, 0.2) is 48.5 Å². The van der Waals surface area contributed by atoms with Crippen LogP contribution in [0.1, 0.15) is 33.9 Å². The molecular formula is C16H14FNO. The zero-order valence-electron chi connectivity index (χ0n) is 10.4. The van der Waals surface area contributed by atoms with Crippen LogP contribution < -0.4 is 5.32 Å². The molecule has 19 heavy (non-hydrogen) atoms. The van der Waals surface area contributed by atoms with E-state index < -0.39 is 5.82 Å². The van der Waals surface area contributed by atoms with Crippen molar-refractivity contribution in [2.45, 2.75) is 18.9 Å². The number of hydrogen-bond donors (Lipinski definition) is 1. The number of fused-ring (bicyclic) bond motifs is 1. The maximum absolute atomic E-state index is 13.5. The second-order valence-corrected chi connectivity index (χ2v) is 4.74. The molecule has 0 radical (unpaired) electrons. The second kappa shape index (κ2) is 4.84. The van der Waals surface area contributed by atoms with Crippen molar-refractivity contribution >= 4 is 5.91 Å². The van der Waals surface area contributed by atoms with E-state index in [1.54, 1.807) is 12.1 Å². The van der Waals surface area contributed by atoms with Crippen LogP contribution in [0, 0.1) is 5.82 Å². The Kier molecular flexibility index (Phi) is 3.03. The van der Waals surface area contributed by atoms with Crippen LogP contribution >= 0.6 is 0 Å². The number of rotatable bonds is 2.